The average molecular weight is 315 g/mol. The zero-order chi connectivity index (χ0) is 15.7. The minimum Gasteiger partial charge on any atom is -0.492 e. The van der Waals surface area contributed by atoms with Gasteiger partial charge in [-0.15, -0.1) is 0 Å². The molecule has 21 heavy (non-hydrogen) atoms. The molecule has 0 aliphatic rings. The Bertz CT molecular complexity index is 455. The molecule has 0 fully saturated rings. The van der Waals surface area contributed by atoms with Gasteiger partial charge in [-0.25, -0.2) is 4.79 Å². The first-order valence-corrected chi connectivity index (χ1v) is 7.59. The number of urea groups is 1. The van der Waals surface area contributed by atoms with Crippen molar-refractivity contribution in [3.8, 4) is 5.75 Å². The number of aliphatic hydroxyl groups is 1. The number of nitrogens with one attached hydrogen (secondary N) is 1. The number of halogens is 1. The minimum absolute atomic E-state index is 0.0595. The Labute approximate surface area is 130 Å². The molecule has 6 heteroatoms. The van der Waals surface area contributed by atoms with Crippen molar-refractivity contribution in [3.05, 3.63) is 23.2 Å². The van der Waals surface area contributed by atoms with Gasteiger partial charge in [-0.2, -0.15) is 0 Å². The second-order valence-corrected chi connectivity index (χ2v) is 5.00. The van der Waals surface area contributed by atoms with Gasteiger partial charge in [-0.3, -0.25) is 0 Å². The Hall–Kier alpha value is -1.46. The summed E-state index contributed by atoms with van der Waals surface area (Å²) in [4.78, 5) is 13.9. The van der Waals surface area contributed by atoms with Crippen LogP contribution in [-0.4, -0.2) is 42.3 Å². The van der Waals surface area contributed by atoms with Crippen LogP contribution in [-0.2, 0) is 0 Å². The van der Waals surface area contributed by atoms with Crippen LogP contribution in [0.15, 0.2) is 18.2 Å². The number of anilines is 1. The first-order chi connectivity index (χ1) is 10.1. The number of rotatable bonds is 8. The van der Waals surface area contributed by atoms with Gasteiger partial charge in [0.1, 0.15) is 5.75 Å². The molecule has 5 nitrogen and oxygen atoms in total. The number of nitrogens with zero attached hydrogens (tertiary/aromatic N) is 1. The van der Waals surface area contributed by atoms with E-state index in [4.69, 9.17) is 21.4 Å². The van der Waals surface area contributed by atoms with Crippen LogP contribution in [0.25, 0.3) is 0 Å². The van der Waals surface area contributed by atoms with Gasteiger partial charge in [0.25, 0.3) is 0 Å². The van der Waals surface area contributed by atoms with E-state index in [-0.39, 0.29) is 12.6 Å². The van der Waals surface area contributed by atoms with Crippen LogP contribution in [0.4, 0.5) is 10.5 Å². The number of unbranched alkanes of at least 4 members (excludes halogenated alkanes) is 1. The molecule has 2 N–H and O–H groups in total. The lowest BCUT2D eigenvalue weighted by molar-refractivity contribution is 0.187. The van der Waals surface area contributed by atoms with Crippen LogP contribution >= 0.6 is 11.6 Å². The second kappa shape index (κ2) is 9.47. The molecule has 1 rings (SSSR count). The van der Waals surface area contributed by atoms with Gasteiger partial charge in [-0.1, -0.05) is 24.9 Å². The van der Waals surface area contributed by atoms with Gasteiger partial charge >= 0.3 is 6.03 Å². The molecule has 0 saturated carbocycles. The summed E-state index contributed by atoms with van der Waals surface area (Å²) in [5.41, 5.74) is 0.575. The van der Waals surface area contributed by atoms with E-state index in [1.54, 1.807) is 23.1 Å². The molecule has 0 spiro atoms. The number of amides is 2. The molecule has 1 aromatic carbocycles. The first-order valence-electron chi connectivity index (χ1n) is 7.21. The molecule has 118 valence electrons. The Morgan fingerprint density at radius 1 is 1.38 bits per heavy atom. The van der Waals surface area contributed by atoms with E-state index >= 15 is 0 Å². The Balaban J connectivity index is 2.79. The molecule has 0 unspecified atom stereocenters. The molecule has 2 amide bonds. The zero-order valence-corrected chi connectivity index (χ0v) is 13.3. The highest BCUT2D eigenvalue weighted by atomic mass is 35.5. The zero-order valence-electron chi connectivity index (χ0n) is 12.6. The van der Waals surface area contributed by atoms with Crippen LogP contribution < -0.4 is 10.1 Å². The highest BCUT2D eigenvalue weighted by Gasteiger charge is 2.15. The largest absolute Gasteiger partial charge is 0.492 e. The van der Waals surface area contributed by atoms with Crippen LogP contribution in [0, 0.1) is 0 Å². The van der Waals surface area contributed by atoms with Gasteiger partial charge in [-0.05, 0) is 25.5 Å². The van der Waals surface area contributed by atoms with E-state index in [1.165, 1.54) is 0 Å². The van der Waals surface area contributed by atoms with E-state index in [0.29, 0.717) is 36.2 Å². The number of hydrogen-bond donors (Lipinski definition) is 2. The maximum Gasteiger partial charge on any atom is 0.322 e. The van der Waals surface area contributed by atoms with Crippen molar-refractivity contribution in [1.82, 2.24) is 4.90 Å². The maximum atomic E-state index is 12.3. The van der Waals surface area contributed by atoms with Gasteiger partial charge in [0.05, 0.1) is 18.9 Å². The van der Waals surface area contributed by atoms with E-state index in [0.717, 1.165) is 12.8 Å². The van der Waals surface area contributed by atoms with E-state index < -0.39 is 0 Å². The van der Waals surface area contributed by atoms with E-state index in [9.17, 15) is 4.79 Å². The highest BCUT2D eigenvalue weighted by Crippen LogP contribution is 2.28. The molecule has 0 saturated heterocycles. The highest BCUT2D eigenvalue weighted by molar-refractivity contribution is 6.30. The van der Waals surface area contributed by atoms with Gasteiger partial charge < -0.3 is 20.1 Å². The second-order valence-electron chi connectivity index (χ2n) is 4.57. The predicted molar refractivity (Wildman–Crippen MR) is 85.2 cm³/mol. The van der Waals surface area contributed by atoms with Crippen molar-refractivity contribution in [3.63, 3.8) is 0 Å². The molecule has 0 aromatic heterocycles. The third kappa shape index (κ3) is 5.81. The summed E-state index contributed by atoms with van der Waals surface area (Å²) in [7, 11) is 0. The van der Waals surface area contributed by atoms with Crippen LogP contribution in [0.2, 0.25) is 5.02 Å². The number of hydrogen-bond acceptors (Lipinski definition) is 3. The number of ether oxygens (including phenoxy) is 1. The fraction of sp³-hybridized carbons (Fsp3) is 0.533. The SMILES string of the molecule is CCCCN(CCO)C(=O)Nc1ccc(Cl)cc1OCC. The number of aliphatic hydroxyl groups excluding tert-OH is 1. The number of benzene rings is 1. The topological polar surface area (TPSA) is 61.8 Å². The molecule has 0 atom stereocenters. The van der Waals surface area contributed by atoms with Crippen molar-refractivity contribution in [1.29, 1.82) is 0 Å². The lowest BCUT2D eigenvalue weighted by Crippen LogP contribution is -2.37. The fourth-order valence-corrected chi connectivity index (χ4v) is 2.02. The normalized spacial score (nSPS) is 10.3. The van der Waals surface area contributed by atoms with Crippen LogP contribution in [0.1, 0.15) is 26.7 Å². The molecule has 0 radical (unpaired) electrons. The summed E-state index contributed by atoms with van der Waals surface area (Å²) in [5.74, 6) is 0.540. The van der Waals surface area contributed by atoms with Crippen molar-refractivity contribution < 1.29 is 14.6 Å². The standard InChI is InChI=1S/C15H23ClN2O3/c1-3-5-8-18(9-10-19)15(20)17-13-7-6-12(16)11-14(13)21-4-2/h6-7,11,19H,3-5,8-10H2,1-2H3,(H,17,20). The van der Waals surface area contributed by atoms with Gasteiger partial charge in [0.2, 0.25) is 0 Å². The Morgan fingerprint density at radius 3 is 2.76 bits per heavy atom. The first kappa shape index (κ1) is 17.6. The monoisotopic (exact) mass is 314 g/mol. The lowest BCUT2D eigenvalue weighted by atomic mass is 10.3. The summed E-state index contributed by atoms with van der Waals surface area (Å²) < 4.78 is 5.47. The molecular formula is C15H23ClN2O3. The molecule has 1 aromatic rings. The fourth-order valence-electron chi connectivity index (χ4n) is 1.85. The summed E-state index contributed by atoms with van der Waals surface area (Å²) in [6.07, 6.45) is 1.88. The molecule has 0 bridgehead atoms. The number of carbonyl (C=O) groups is 1. The molecular weight excluding hydrogens is 292 g/mol. The third-order valence-corrected chi connectivity index (χ3v) is 3.16. The van der Waals surface area contributed by atoms with Crippen molar-refractivity contribution in [2.24, 2.45) is 0 Å². The van der Waals surface area contributed by atoms with E-state index in [1.807, 2.05) is 6.92 Å². The van der Waals surface area contributed by atoms with Crippen molar-refractivity contribution >= 4 is 23.3 Å². The average Bonchev–Trinajstić information content (AvgIpc) is 2.46. The summed E-state index contributed by atoms with van der Waals surface area (Å²) in [5, 5.41) is 12.4. The van der Waals surface area contributed by atoms with E-state index in [2.05, 4.69) is 12.2 Å². The van der Waals surface area contributed by atoms with Crippen LogP contribution in [0.5, 0.6) is 5.75 Å². The summed E-state index contributed by atoms with van der Waals surface area (Å²) >= 11 is 5.93. The van der Waals surface area contributed by atoms with Gasteiger partial charge in [0, 0.05) is 24.2 Å². The van der Waals surface area contributed by atoms with Gasteiger partial charge in [0.15, 0.2) is 0 Å². The third-order valence-electron chi connectivity index (χ3n) is 2.92. The summed E-state index contributed by atoms with van der Waals surface area (Å²) in [6.45, 7) is 5.27. The Kier molecular flexibility index (Phi) is 7.93. The van der Waals surface area contributed by atoms with Crippen molar-refractivity contribution in [2.75, 3.05) is 31.6 Å². The lowest BCUT2D eigenvalue weighted by Gasteiger charge is -2.22. The van der Waals surface area contributed by atoms with Crippen molar-refractivity contribution in [2.45, 2.75) is 26.7 Å². The molecule has 0 aliphatic heterocycles. The molecule has 0 heterocycles. The minimum atomic E-state index is -0.249. The molecule has 0 aliphatic carbocycles. The predicted octanol–water partition coefficient (Wildman–Crippen LogP) is 3.37. The quantitative estimate of drug-likeness (QED) is 0.773. The summed E-state index contributed by atoms with van der Waals surface area (Å²) in [6, 6.07) is 4.83. The van der Waals surface area contributed by atoms with Crippen LogP contribution in [0.3, 0.4) is 0 Å². The number of carbonyl (C=O) groups excluding carboxylic acids is 1. The maximum absolute atomic E-state index is 12.3. The Morgan fingerprint density at radius 2 is 2.14 bits per heavy atom. The smallest absolute Gasteiger partial charge is 0.322 e.